The molecule has 1 aliphatic rings. The molecule has 0 aliphatic carbocycles. The lowest BCUT2D eigenvalue weighted by molar-refractivity contribution is -0.0899. The number of hydrogen-bond acceptors (Lipinski definition) is 8. The van der Waals surface area contributed by atoms with Crippen molar-refractivity contribution < 1.29 is 32.5 Å². The van der Waals surface area contributed by atoms with Gasteiger partial charge in [0.1, 0.15) is 11.3 Å². The van der Waals surface area contributed by atoms with Gasteiger partial charge in [-0.15, -0.1) is 0 Å². The third-order valence-corrected chi connectivity index (χ3v) is 7.53. The van der Waals surface area contributed by atoms with E-state index in [0.29, 0.717) is 41.1 Å². The van der Waals surface area contributed by atoms with E-state index in [9.17, 15) is 14.0 Å². The highest BCUT2D eigenvalue weighted by molar-refractivity contribution is 5.98. The number of nitrogens with zero attached hydrogens (tertiary/aromatic N) is 3. The molecule has 1 fully saturated rings. The standard InChI is InChI=1S/C33H27F2N3O6/c1-33(17-43-18-33)38-15-22(20-5-7-21(34)8-6-20)31(40)23(16-38)26(39)13-19-4-9-27(24(35)12-19)44-28-10-11-36-25-14-29(41-2)32(42-3)37-30(25)28/h4-12,14-16H,13,17-18H2,1-3H3. The number of halogens is 2. The molecule has 3 aromatic heterocycles. The van der Waals surface area contributed by atoms with Crippen molar-refractivity contribution in [2.24, 2.45) is 0 Å². The van der Waals surface area contributed by atoms with Crippen LogP contribution < -0.4 is 19.6 Å². The zero-order valence-electron chi connectivity index (χ0n) is 24.1. The van der Waals surface area contributed by atoms with Crippen LogP contribution in [0.2, 0.25) is 0 Å². The summed E-state index contributed by atoms with van der Waals surface area (Å²) in [5, 5.41) is 0. The molecule has 224 valence electrons. The Morgan fingerprint density at radius 2 is 1.75 bits per heavy atom. The maximum absolute atomic E-state index is 15.3. The zero-order chi connectivity index (χ0) is 31.0. The summed E-state index contributed by atoms with van der Waals surface area (Å²) in [7, 11) is 2.93. The Bertz CT molecular complexity index is 1950. The summed E-state index contributed by atoms with van der Waals surface area (Å²) >= 11 is 0. The molecule has 0 spiro atoms. The van der Waals surface area contributed by atoms with Gasteiger partial charge in [-0.1, -0.05) is 18.2 Å². The van der Waals surface area contributed by atoms with Crippen LogP contribution in [0.25, 0.3) is 22.2 Å². The van der Waals surface area contributed by atoms with Crippen molar-refractivity contribution in [1.29, 1.82) is 0 Å². The lowest BCUT2D eigenvalue weighted by atomic mass is 9.95. The normalized spacial score (nSPS) is 13.8. The zero-order valence-corrected chi connectivity index (χ0v) is 24.1. The molecule has 5 aromatic rings. The van der Waals surface area contributed by atoms with Crippen LogP contribution in [0.4, 0.5) is 8.78 Å². The van der Waals surface area contributed by atoms with Crippen LogP contribution >= 0.6 is 0 Å². The van der Waals surface area contributed by atoms with Gasteiger partial charge in [-0.3, -0.25) is 14.6 Å². The fourth-order valence-corrected chi connectivity index (χ4v) is 4.99. The number of rotatable bonds is 9. The van der Waals surface area contributed by atoms with Crippen LogP contribution in [-0.2, 0) is 16.7 Å². The molecule has 1 saturated heterocycles. The van der Waals surface area contributed by atoms with Crippen LogP contribution in [0.15, 0.2) is 78.0 Å². The molecule has 0 unspecified atom stereocenters. The number of fused-ring (bicyclic) bond motifs is 1. The van der Waals surface area contributed by atoms with Crippen LogP contribution in [0.3, 0.4) is 0 Å². The smallest absolute Gasteiger partial charge is 0.257 e. The minimum atomic E-state index is -0.711. The second-order valence-corrected chi connectivity index (χ2v) is 10.7. The molecule has 0 radical (unpaired) electrons. The predicted molar refractivity (Wildman–Crippen MR) is 158 cm³/mol. The molecule has 1 aliphatic heterocycles. The number of aromatic nitrogens is 3. The molecular weight excluding hydrogens is 572 g/mol. The minimum Gasteiger partial charge on any atom is -0.491 e. The number of ketones is 1. The number of carbonyl (C=O) groups excluding carboxylic acids is 1. The number of carbonyl (C=O) groups is 1. The van der Waals surface area contributed by atoms with Gasteiger partial charge in [-0.05, 0) is 42.3 Å². The maximum atomic E-state index is 15.3. The van der Waals surface area contributed by atoms with Crippen LogP contribution in [0.1, 0.15) is 22.8 Å². The first-order chi connectivity index (χ1) is 21.2. The van der Waals surface area contributed by atoms with E-state index in [-0.39, 0.29) is 34.9 Å². The van der Waals surface area contributed by atoms with Crippen molar-refractivity contribution in [1.82, 2.24) is 14.5 Å². The highest BCUT2D eigenvalue weighted by atomic mass is 19.1. The van der Waals surface area contributed by atoms with Gasteiger partial charge in [0, 0.05) is 42.7 Å². The SMILES string of the molecule is COc1cc2nccc(Oc3ccc(CC(=O)c4cn(C5(C)COC5)cc(-c5ccc(F)cc5)c4=O)cc3F)c2nc1OC. The quantitative estimate of drug-likeness (QED) is 0.199. The molecule has 9 nitrogen and oxygen atoms in total. The van der Waals surface area contributed by atoms with E-state index in [0.717, 1.165) is 0 Å². The third kappa shape index (κ3) is 5.37. The van der Waals surface area contributed by atoms with Gasteiger partial charge < -0.3 is 23.5 Å². The number of ether oxygens (including phenoxy) is 4. The Balaban J connectivity index is 1.29. The van der Waals surface area contributed by atoms with Crippen LogP contribution in [0.5, 0.6) is 23.1 Å². The first-order valence-electron chi connectivity index (χ1n) is 13.7. The second kappa shape index (κ2) is 11.5. The summed E-state index contributed by atoms with van der Waals surface area (Å²) in [5.74, 6) is -0.895. The summed E-state index contributed by atoms with van der Waals surface area (Å²) in [6, 6.07) is 12.8. The molecule has 2 aromatic carbocycles. The van der Waals surface area contributed by atoms with Gasteiger partial charge in [-0.25, -0.2) is 13.8 Å². The molecule has 0 atom stereocenters. The molecule has 0 bridgehead atoms. The van der Waals surface area contributed by atoms with Gasteiger partial charge in [-0.2, -0.15) is 0 Å². The fraction of sp³-hybridized carbons (Fsp3) is 0.212. The molecule has 0 amide bonds. The van der Waals surface area contributed by atoms with Crippen molar-refractivity contribution in [2.75, 3.05) is 27.4 Å². The van der Waals surface area contributed by atoms with E-state index >= 15 is 4.39 Å². The minimum absolute atomic E-state index is 0.0561. The van der Waals surface area contributed by atoms with E-state index in [1.54, 1.807) is 29.0 Å². The lowest BCUT2D eigenvalue weighted by Crippen LogP contribution is -2.49. The van der Waals surface area contributed by atoms with Gasteiger partial charge >= 0.3 is 0 Å². The molecule has 4 heterocycles. The largest absolute Gasteiger partial charge is 0.491 e. The average molecular weight is 600 g/mol. The summed E-state index contributed by atoms with van der Waals surface area (Å²) in [5.41, 5.74) is 0.872. The van der Waals surface area contributed by atoms with Crippen LogP contribution in [0, 0.1) is 11.6 Å². The van der Waals surface area contributed by atoms with Gasteiger partial charge in [0.15, 0.2) is 34.3 Å². The monoisotopic (exact) mass is 599 g/mol. The maximum Gasteiger partial charge on any atom is 0.257 e. The van der Waals surface area contributed by atoms with Crippen molar-refractivity contribution in [2.45, 2.75) is 18.9 Å². The summed E-state index contributed by atoms with van der Waals surface area (Å²) in [6.07, 6.45) is 4.44. The van der Waals surface area contributed by atoms with Gasteiger partial charge in [0.2, 0.25) is 0 Å². The van der Waals surface area contributed by atoms with Crippen molar-refractivity contribution in [3.8, 4) is 34.3 Å². The van der Waals surface area contributed by atoms with E-state index in [1.807, 2.05) is 6.92 Å². The molecular formula is C33H27F2N3O6. The number of Topliss-reactive ketones (excluding diaryl/α,β-unsaturated/α-hetero) is 1. The number of benzene rings is 2. The third-order valence-electron chi connectivity index (χ3n) is 7.53. The van der Waals surface area contributed by atoms with Gasteiger partial charge in [0.05, 0.1) is 44.1 Å². The van der Waals surface area contributed by atoms with Crippen molar-refractivity contribution in [3.05, 3.63) is 106 Å². The van der Waals surface area contributed by atoms with E-state index < -0.39 is 28.4 Å². The summed E-state index contributed by atoms with van der Waals surface area (Å²) < 4.78 is 52.5. The van der Waals surface area contributed by atoms with Gasteiger partial charge in [0.25, 0.3) is 5.88 Å². The number of pyridine rings is 3. The van der Waals surface area contributed by atoms with Crippen molar-refractivity contribution >= 4 is 16.8 Å². The first kappa shape index (κ1) is 28.9. The highest BCUT2D eigenvalue weighted by Crippen LogP contribution is 2.35. The molecule has 44 heavy (non-hydrogen) atoms. The Morgan fingerprint density at radius 1 is 0.977 bits per heavy atom. The van der Waals surface area contributed by atoms with E-state index in [2.05, 4.69) is 9.97 Å². The molecule has 11 heteroatoms. The second-order valence-electron chi connectivity index (χ2n) is 10.7. The van der Waals surface area contributed by atoms with Crippen molar-refractivity contribution in [3.63, 3.8) is 0 Å². The lowest BCUT2D eigenvalue weighted by Gasteiger charge is -2.40. The first-order valence-corrected chi connectivity index (χ1v) is 13.7. The summed E-state index contributed by atoms with van der Waals surface area (Å²) in [4.78, 5) is 35.7. The Kier molecular flexibility index (Phi) is 7.56. The molecule has 6 rings (SSSR count). The Morgan fingerprint density at radius 3 is 2.41 bits per heavy atom. The van der Waals surface area contributed by atoms with E-state index in [4.69, 9.17) is 18.9 Å². The number of hydrogen-bond donors (Lipinski definition) is 0. The Labute approximate surface area is 250 Å². The average Bonchev–Trinajstić information content (AvgIpc) is 3.01. The van der Waals surface area contributed by atoms with Crippen LogP contribution in [-0.4, -0.2) is 47.8 Å². The predicted octanol–water partition coefficient (Wildman–Crippen LogP) is 5.72. The topological polar surface area (TPSA) is 102 Å². The highest BCUT2D eigenvalue weighted by Gasteiger charge is 2.35. The molecule has 0 N–H and O–H groups in total. The Hall–Kier alpha value is -5.16. The number of methoxy groups -OCH3 is 2. The van der Waals surface area contributed by atoms with E-state index in [1.165, 1.54) is 63.0 Å². The fourth-order valence-electron chi connectivity index (χ4n) is 4.99. The summed E-state index contributed by atoms with van der Waals surface area (Å²) in [6.45, 7) is 2.76. The molecule has 0 saturated carbocycles.